The molecule has 0 saturated carbocycles. The Hall–Kier alpha value is -2.36. The topological polar surface area (TPSA) is 42.0 Å². The number of nitrogens with zero attached hydrogens (tertiary/aromatic N) is 1. The largest absolute Gasteiger partial charge is 0.393 e. The molecule has 29 heavy (non-hydrogen) atoms. The summed E-state index contributed by atoms with van der Waals surface area (Å²) < 4.78 is 183. The SMILES string of the molecule is CC(F)(F)C(F)(F)C(F)(F)C(F)(F)C(F)(F)C(=O)Nc1c(F)c(F)nc(F)c1F. The third-order valence-electron chi connectivity index (χ3n) is 3.26. The molecule has 0 spiro atoms. The molecule has 0 atom stereocenters. The van der Waals surface area contributed by atoms with Crippen molar-refractivity contribution in [1.29, 1.82) is 0 Å². The summed E-state index contributed by atoms with van der Waals surface area (Å²) in [4.78, 5) is 13.0. The van der Waals surface area contributed by atoms with Crippen molar-refractivity contribution in [3.05, 3.63) is 23.5 Å². The first-order valence-electron chi connectivity index (χ1n) is 6.55. The van der Waals surface area contributed by atoms with Crippen LogP contribution >= 0.6 is 0 Å². The summed E-state index contributed by atoms with van der Waals surface area (Å²) in [7, 11) is 0. The fourth-order valence-electron chi connectivity index (χ4n) is 1.60. The Morgan fingerprint density at radius 1 is 0.724 bits per heavy atom. The molecule has 0 aromatic carbocycles. The van der Waals surface area contributed by atoms with Crippen LogP contribution in [0.15, 0.2) is 0 Å². The molecule has 0 unspecified atom stereocenters. The standard InChI is InChI=1S/C12H4F14N2O/c1-8(17,18)10(21,22)12(25,26)11(23,24)9(19,20)7(29)27-4-2(13)5(15)28-6(16)3(4)14/h1H3,(H,27,28,29). The minimum absolute atomic E-state index is 0.0642. The molecule has 17 heteroatoms. The van der Waals surface area contributed by atoms with Gasteiger partial charge in [0.25, 0.3) is 11.9 Å². The van der Waals surface area contributed by atoms with Crippen molar-refractivity contribution in [3.63, 3.8) is 0 Å². The predicted octanol–water partition coefficient (Wildman–Crippen LogP) is 4.77. The van der Waals surface area contributed by atoms with E-state index in [0.717, 1.165) is 0 Å². The van der Waals surface area contributed by atoms with Crippen LogP contribution in [0.1, 0.15) is 6.92 Å². The van der Waals surface area contributed by atoms with Crippen LogP contribution in [0.3, 0.4) is 0 Å². The van der Waals surface area contributed by atoms with E-state index >= 15 is 0 Å². The van der Waals surface area contributed by atoms with E-state index in [2.05, 4.69) is 0 Å². The number of hydrogen-bond donors (Lipinski definition) is 1. The van der Waals surface area contributed by atoms with Gasteiger partial charge >= 0.3 is 35.5 Å². The summed E-state index contributed by atoms with van der Waals surface area (Å²) in [6.07, 6.45) is 0. The minimum Gasteiger partial charge on any atom is -0.315 e. The average molecular weight is 458 g/mol. The second-order valence-corrected chi connectivity index (χ2v) is 5.34. The monoisotopic (exact) mass is 458 g/mol. The summed E-state index contributed by atoms with van der Waals surface area (Å²) in [6, 6.07) is 0. The molecule has 0 fully saturated rings. The van der Waals surface area contributed by atoms with Gasteiger partial charge in [0.2, 0.25) is 11.6 Å². The molecule has 1 aromatic heterocycles. The molecule has 1 N–H and O–H groups in total. The van der Waals surface area contributed by atoms with E-state index in [1.54, 1.807) is 0 Å². The highest BCUT2D eigenvalue weighted by Crippen LogP contribution is 2.57. The van der Waals surface area contributed by atoms with Gasteiger partial charge in [0, 0.05) is 6.92 Å². The summed E-state index contributed by atoms with van der Waals surface area (Å²) >= 11 is 0. The molecule has 1 heterocycles. The zero-order valence-corrected chi connectivity index (χ0v) is 13.1. The fraction of sp³-hybridized carbons (Fsp3) is 0.500. The number of rotatable bonds is 6. The highest BCUT2D eigenvalue weighted by Gasteiger charge is 2.86. The van der Waals surface area contributed by atoms with E-state index < -0.39 is 71.7 Å². The van der Waals surface area contributed by atoms with Crippen LogP contribution in [0.25, 0.3) is 0 Å². The zero-order chi connectivity index (χ0) is 23.4. The molecule has 3 nitrogen and oxygen atoms in total. The van der Waals surface area contributed by atoms with Gasteiger partial charge in [-0.25, -0.2) is 0 Å². The molecule has 1 rings (SSSR count). The maximum absolute atomic E-state index is 13.5. The minimum atomic E-state index is -7.61. The molecule has 166 valence electrons. The van der Waals surface area contributed by atoms with Crippen molar-refractivity contribution in [3.8, 4) is 0 Å². The van der Waals surface area contributed by atoms with Gasteiger partial charge in [0.15, 0.2) is 0 Å². The number of anilines is 1. The number of carbonyl (C=O) groups excluding carboxylic acids is 1. The van der Waals surface area contributed by atoms with E-state index in [4.69, 9.17) is 0 Å². The highest BCUT2D eigenvalue weighted by molar-refractivity contribution is 5.97. The maximum atomic E-state index is 13.5. The normalized spacial score (nSPS) is 14.2. The summed E-state index contributed by atoms with van der Waals surface area (Å²) in [5.74, 6) is -50.1. The number of aromatic nitrogens is 1. The lowest BCUT2D eigenvalue weighted by atomic mass is 9.94. The first-order chi connectivity index (χ1) is 12.6. The van der Waals surface area contributed by atoms with Crippen LogP contribution < -0.4 is 5.32 Å². The number of nitrogens with one attached hydrogen (secondary N) is 1. The van der Waals surface area contributed by atoms with E-state index in [-0.39, 0.29) is 5.32 Å². The number of hydrogen-bond acceptors (Lipinski definition) is 2. The number of pyridine rings is 1. The Labute approximate surface area is 149 Å². The lowest BCUT2D eigenvalue weighted by Crippen LogP contribution is -2.68. The van der Waals surface area contributed by atoms with Crippen LogP contribution in [-0.2, 0) is 4.79 Å². The lowest BCUT2D eigenvalue weighted by molar-refractivity contribution is -0.391. The van der Waals surface area contributed by atoms with Crippen molar-refractivity contribution in [2.24, 2.45) is 0 Å². The Balaban J connectivity index is 3.46. The first kappa shape index (κ1) is 24.7. The molecule has 1 aromatic rings. The van der Waals surface area contributed by atoms with Crippen LogP contribution in [0, 0.1) is 23.5 Å². The van der Waals surface area contributed by atoms with Gasteiger partial charge in [0.05, 0.1) is 0 Å². The number of alkyl halides is 10. The van der Waals surface area contributed by atoms with Crippen molar-refractivity contribution in [1.82, 2.24) is 4.98 Å². The Morgan fingerprint density at radius 2 is 1.10 bits per heavy atom. The zero-order valence-electron chi connectivity index (χ0n) is 13.1. The quantitative estimate of drug-likeness (QED) is 0.493. The maximum Gasteiger partial charge on any atom is 0.393 e. The molecular weight excluding hydrogens is 454 g/mol. The van der Waals surface area contributed by atoms with Crippen molar-refractivity contribution >= 4 is 11.6 Å². The Bertz CT molecular complexity index is 790. The summed E-state index contributed by atoms with van der Waals surface area (Å²) in [5.41, 5.74) is -2.56. The molecular formula is C12H4F14N2O. The molecule has 0 aliphatic carbocycles. The Kier molecular flexibility index (Phi) is 5.84. The van der Waals surface area contributed by atoms with Gasteiger partial charge < -0.3 is 5.32 Å². The molecule has 0 aliphatic rings. The van der Waals surface area contributed by atoms with Crippen LogP contribution in [0.4, 0.5) is 67.2 Å². The van der Waals surface area contributed by atoms with Gasteiger partial charge in [0.1, 0.15) is 5.69 Å². The van der Waals surface area contributed by atoms with Gasteiger partial charge in [-0.2, -0.15) is 66.4 Å². The molecule has 1 amide bonds. The van der Waals surface area contributed by atoms with Crippen molar-refractivity contribution in [2.75, 3.05) is 5.32 Å². The smallest absolute Gasteiger partial charge is 0.315 e. The van der Waals surface area contributed by atoms with E-state index in [1.165, 1.54) is 0 Å². The Morgan fingerprint density at radius 3 is 1.45 bits per heavy atom. The van der Waals surface area contributed by atoms with Gasteiger partial charge in [-0.3, -0.25) is 4.79 Å². The van der Waals surface area contributed by atoms with Crippen LogP contribution in [0.2, 0.25) is 0 Å². The van der Waals surface area contributed by atoms with E-state index in [9.17, 15) is 66.3 Å². The summed E-state index contributed by atoms with van der Waals surface area (Å²) in [6.45, 7) is -1.03. The molecule has 0 radical (unpaired) electrons. The highest BCUT2D eigenvalue weighted by atomic mass is 19.4. The molecule has 0 bridgehead atoms. The van der Waals surface area contributed by atoms with Gasteiger partial charge in [-0.15, -0.1) is 0 Å². The predicted molar refractivity (Wildman–Crippen MR) is 63.1 cm³/mol. The summed E-state index contributed by atoms with van der Waals surface area (Å²) in [5, 5.41) is 0.0642. The average Bonchev–Trinajstić information content (AvgIpc) is 2.55. The second-order valence-electron chi connectivity index (χ2n) is 5.34. The third kappa shape index (κ3) is 3.54. The van der Waals surface area contributed by atoms with Gasteiger partial charge in [-0.05, 0) is 0 Å². The van der Waals surface area contributed by atoms with Gasteiger partial charge in [-0.1, -0.05) is 0 Å². The molecule has 0 saturated heterocycles. The van der Waals surface area contributed by atoms with E-state index in [1.807, 2.05) is 4.98 Å². The van der Waals surface area contributed by atoms with Crippen LogP contribution in [-0.4, -0.2) is 40.5 Å². The number of amides is 1. The number of carbonyl (C=O) groups is 1. The van der Waals surface area contributed by atoms with Crippen molar-refractivity contribution < 1.29 is 66.3 Å². The first-order valence-corrected chi connectivity index (χ1v) is 6.55. The third-order valence-corrected chi connectivity index (χ3v) is 3.26. The van der Waals surface area contributed by atoms with Crippen molar-refractivity contribution in [2.45, 2.75) is 36.5 Å². The molecule has 0 aliphatic heterocycles. The fourth-order valence-corrected chi connectivity index (χ4v) is 1.60. The lowest BCUT2D eigenvalue weighted by Gasteiger charge is -2.37. The number of halogens is 14. The second kappa shape index (κ2) is 6.86. The van der Waals surface area contributed by atoms with E-state index in [0.29, 0.717) is 0 Å². The van der Waals surface area contributed by atoms with Crippen LogP contribution in [0.5, 0.6) is 0 Å².